The monoisotopic (exact) mass is 475 g/mol. The van der Waals surface area contributed by atoms with Gasteiger partial charge in [-0.2, -0.15) is 0 Å². The molecule has 9 heteroatoms. The number of aromatic carboxylic acids is 1. The van der Waals surface area contributed by atoms with Crippen molar-refractivity contribution in [1.82, 2.24) is 15.8 Å². The number of carboxylic acids is 1. The first-order chi connectivity index (χ1) is 17.0. The van der Waals surface area contributed by atoms with E-state index < -0.39 is 12.1 Å². The van der Waals surface area contributed by atoms with Gasteiger partial charge < -0.3 is 25.0 Å². The molecule has 1 fully saturated rings. The van der Waals surface area contributed by atoms with Crippen molar-refractivity contribution < 1.29 is 28.8 Å². The van der Waals surface area contributed by atoms with Crippen LogP contribution in [0.5, 0.6) is 0 Å². The van der Waals surface area contributed by atoms with Gasteiger partial charge in [0.25, 0.3) is 0 Å². The molecule has 3 N–H and O–H groups in total. The molecule has 1 aromatic heterocycles. The van der Waals surface area contributed by atoms with Crippen molar-refractivity contribution in [3.05, 3.63) is 77.2 Å². The summed E-state index contributed by atoms with van der Waals surface area (Å²) < 4.78 is 10.5. The van der Waals surface area contributed by atoms with Crippen LogP contribution in [0.1, 0.15) is 52.6 Å². The van der Waals surface area contributed by atoms with Crippen LogP contribution in [0.25, 0.3) is 11.1 Å². The average Bonchev–Trinajstić information content (AvgIpc) is 3.59. The minimum atomic E-state index is -1.19. The van der Waals surface area contributed by atoms with Gasteiger partial charge in [0.1, 0.15) is 6.61 Å². The van der Waals surface area contributed by atoms with Gasteiger partial charge in [-0.15, -0.1) is 0 Å². The summed E-state index contributed by atoms with van der Waals surface area (Å²) in [5, 5.41) is 17.9. The van der Waals surface area contributed by atoms with Crippen LogP contribution >= 0.6 is 0 Å². The van der Waals surface area contributed by atoms with Gasteiger partial charge in [0.05, 0.1) is 6.54 Å². The molecule has 0 aliphatic heterocycles. The minimum Gasteiger partial charge on any atom is -0.476 e. The third kappa shape index (κ3) is 4.75. The van der Waals surface area contributed by atoms with Crippen LogP contribution in [-0.4, -0.2) is 40.9 Å². The average molecular weight is 476 g/mol. The lowest BCUT2D eigenvalue weighted by Crippen LogP contribution is -2.35. The summed E-state index contributed by atoms with van der Waals surface area (Å²) in [5.74, 6) is -1.36. The number of amides is 2. The standard InChI is InChI=1S/C26H25N3O6/c30-24(27-13-17-12-23(25(31)32)29-35-17)15-9-10-16(11-15)28-26(33)34-14-22-20-7-3-1-5-18(20)19-6-2-4-8-21(19)22/h1-8,12,15-16,22H,9-11,13-14H2,(H,27,30)(H,28,33)(H,31,32)/t15-,16+/m1/s1. The van der Waals surface area contributed by atoms with Crippen LogP contribution < -0.4 is 10.6 Å². The maximum atomic E-state index is 12.5. The van der Waals surface area contributed by atoms with E-state index in [1.54, 1.807) is 0 Å². The minimum absolute atomic E-state index is 0.00649. The quantitative estimate of drug-likeness (QED) is 0.475. The van der Waals surface area contributed by atoms with E-state index >= 15 is 0 Å². The number of benzene rings is 2. The fourth-order valence-electron chi connectivity index (χ4n) is 4.97. The fourth-order valence-corrected chi connectivity index (χ4v) is 4.97. The van der Waals surface area contributed by atoms with E-state index in [4.69, 9.17) is 14.4 Å². The second-order valence-electron chi connectivity index (χ2n) is 8.88. The number of carboxylic acid groups (broad SMARTS) is 1. The molecule has 0 bridgehead atoms. The zero-order valence-electron chi connectivity index (χ0n) is 18.9. The molecular weight excluding hydrogens is 450 g/mol. The van der Waals surface area contributed by atoms with Crippen molar-refractivity contribution in [2.75, 3.05) is 6.61 Å². The van der Waals surface area contributed by atoms with E-state index in [0.29, 0.717) is 19.3 Å². The lowest BCUT2D eigenvalue weighted by atomic mass is 9.98. The van der Waals surface area contributed by atoms with Crippen LogP contribution in [0.15, 0.2) is 59.1 Å². The molecule has 9 nitrogen and oxygen atoms in total. The third-order valence-electron chi connectivity index (χ3n) is 6.68. The zero-order chi connectivity index (χ0) is 24.4. The number of aromatic nitrogens is 1. The first-order valence-electron chi connectivity index (χ1n) is 11.6. The summed E-state index contributed by atoms with van der Waals surface area (Å²) in [6, 6.07) is 17.5. The number of carbonyl (C=O) groups is 3. The topological polar surface area (TPSA) is 131 Å². The largest absolute Gasteiger partial charge is 0.476 e. The third-order valence-corrected chi connectivity index (χ3v) is 6.68. The number of hydrogen-bond donors (Lipinski definition) is 3. The predicted molar refractivity (Wildman–Crippen MR) is 125 cm³/mol. The Bertz CT molecular complexity index is 1220. The number of fused-ring (bicyclic) bond motifs is 3. The normalized spacial score (nSPS) is 18.5. The SMILES string of the molecule is O=C(N[C@H]1CC[C@@H](C(=O)NCc2cc(C(=O)O)no2)C1)OCC1c2ccccc2-c2ccccc21. The summed E-state index contributed by atoms with van der Waals surface area (Å²) >= 11 is 0. The van der Waals surface area contributed by atoms with E-state index in [9.17, 15) is 14.4 Å². The molecule has 0 radical (unpaired) electrons. The molecule has 1 saturated carbocycles. The zero-order valence-corrected chi connectivity index (χ0v) is 18.9. The Morgan fingerprint density at radius 1 is 1.03 bits per heavy atom. The molecule has 0 unspecified atom stereocenters. The molecule has 1 heterocycles. The van der Waals surface area contributed by atoms with Crippen LogP contribution in [0.3, 0.4) is 0 Å². The van der Waals surface area contributed by atoms with Gasteiger partial charge in [0, 0.05) is 23.9 Å². The molecule has 5 rings (SSSR count). The number of rotatable bonds is 7. The Morgan fingerprint density at radius 2 is 1.71 bits per heavy atom. The number of nitrogens with zero attached hydrogens (tertiary/aromatic N) is 1. The van der Waals surface area contributed by atoms with Crippen molar-refractivity contribution in [3.63, 3.8) is 0 Å². The smallest absolute Gasteiger partial charge is 0.407 e. The van der Waals surface area contributed by atoms with Crippen LogP contribution in [0.4, 0.5) is 4.79 Å². The molecule has 2 aromatic carbocycles. The molecule has 0 saturated heterocycles. The summed E-state index contributed by atoms with van der Waals surface area (Å²) in [6.07, 6.45) is 1.33. The Hall–Kier alpha value is -4.14. The Kier molecular flexibility index (Phi) is 6.22. The summed E-state index contributed by atoms with van der Waals surface area (Å²) in [6.45, 7) is 0.298. The number of ether oxygens (including phenoxy) is 1. The molecule has 180 valence electrons. The molecule has 2 aliphatic rings. The molecule has 35 heavy (non-hydrogen) atoms. The highest BCUT2D eigenvalue weighted by molar-refractivity contribution is 5.85. The number of hydrogen-bond acceptors (Lipinski definition) is 6. The van der Waals surface area contributed by atoms with Gasteiger partial charge in [-0.25, -0.2) is 9.59 Å². The predicted octanol–water partition coefficient (Wildman–Crippen LogP) is 3.70. The van der Waals surface area contributed by atoms with Gasteiger partial charge in [0.2, 0.25) is 5.91 Å². The van der Waals surface area contributed by atoms with Crippen molar-refractivity contribution in [3.8, 4) is 11.1 Å². The molecule has 2 aliphatic carbocycles. The fraction of sp³-hybridized carbons (Fsp3) is 0.308. The molecule has 2 atom stereocenters. The van der Waals surface area contributed by atoms with Crippen LogP contribution in [0, 0.1) is 5.92 Å². The van der Waals surface area contributed by atoms with Gasteiger partial charge >= 0.3 is 12.1 Å². The van der Waals surface area contributed by atoms with E-state index in [1.807, 2.05) is 24.3 Å². The molecule has 0 spiro atoms. The summed E-state index contributed by atoms with van der Waals surface area (Å²) in [5.41, 5.74) is 4.45. The highest BCUT2D eigenvalue weighted by atomic mass is 16.5. The van der Waals surface area contributed by atoms with Crippen molar-refractivity contribution in [1.29, 1.82) is 0 Å². The number of nitrogens with one attached hydrogen (secondary N) is 2. The van der Waals surface area contributed by atoms with Gasteiger partial charge in [-0.1, -0.05) is 53.7 Å². The first kappa shape index (κ1) is 22.6. The highest BCUT2D eigenvalue weighted by Crippen LogP contribution is 2.44. The van der Waals surface area contributed by atoms with Crippen LogP contribution in [-0.2, 0) is 16.1 Å². The second-order valence-corrected chi connectivity index (χ2v) is 8.88. The first-order valence-corrected chi connectivity index (χ1v) is 11.6. The molecule has 2 amide bonds. The van der Waals surface area contributed by atoms with E-state index in [-0.39, 0.29) is 48.4 Å². The van der Waals surface area contributed by atoms with E-state index in [1.165, 1.54) is 17.2 Å². The van der Waals surface area contributed by atoms with Crippen molar-refractivity contribution >= 4 is 18.0 Å². The van der Waals surface area contributed by atoms with Crippen molar-refractivity contribution in [2.24, 2.45) is 5.92 Å². The lowest BCUT2D eigenvalue weighted by Gasteiger charge is -2.17. The van der Waals surface area contributed by atoms with Crippen molar-refractivity contribution in [2.45, 2.75) is 37.8 Å². The van der Waals surface area contributed by atoms with E-state index in [0.717, 1.165) is 11.1 Å². The Labute approximate surface area is 201 Å². The van der Waals surface area contributed by atoms with Gasteiger partial charge in [-0.3, -0.25) is 4.79 Å². The second kappa shape index (κ2) is 9.61. The van der Waals surface area contributed by atoms with Crippen LogP contribution in [0.2, 0.25) is 0 Å². The Balaban J connectivity index is 1.10. The Morgan fingerprint density at radius 3 is 2.37 bits per heavy atom. The number of alkyl carbamates (subject to hydrolysis) is 1. The summed E-state index contributed by atoms with van der Waals surface area (Å²) in [4.78, 5) is 35.9. The van der Waals surface area contributed by atoms with E-state index in [2.05, 4.69) is 40.1 Å². The highest BCUT2D eigenvalue weighted by Gasteiger charge is 2.32. The number of carbonyl (C=O) groups excluding carboxylic acids is 2. The summed E-state index contributed by atoms with van der Waals surface area (Å²) in [7, 11) is 0. The maximum Gasteiger partial charge on any atom is 0.407 e. The lowest BCUT2D eigenvalue weighted by molar-refractivity contribution is -0.125. The van der Waals surface area contributed by atoms with Gasteiger partial charge in [0.15, 0.2) is 11.5 Å². The molecule has 3 aromatic rings. The molecular formula is C26H25N3O6. The maximum absolute atomic E-state index is 12.5. The van der Waals surface area contributed by atoms with Gasteiger partial charge in [-0.05, 0) is 41.5 Å².